The number of likely N-dealkylation sites (tertiary alicyclic amines) is 1. The first-order valence-corrected chi connectivity index (χ1v) is 34.4. The molecule has 4 rings (SSSR count). The number of alkyl carbamates (subject to hydrolysis) is 1. The molecule has 99 heavy (non-hydrogen) atoms. The molecule has 10 amide bonds. The minimum absolute atomic E-state index is 0.0644. The summed E-state index contributed by atoms with van der Waals surface area (Å²) in [4.78, 5) is 142. The van der Waals surface area contributed by atoms with Crippen LogP contribution in [0.15, 0.2) is 78.9 Å². The van der Waals surface area contributed by atoms with Gasteiger partial charge in [0.25, 0.3) is 0 Å². The highest BCUT2D eigenvalue weighted by molar-refractivity contribution is 5.98. The van der Waals surface area contributed by atoms with E-state index in [-0.39, 0.29) is 73.8 Å². The van der Waals surface area contributed by atoms with Crippen LogP contribution in [-0.4, -0.2) is 197 Å². The Morgan fingerprint density at radius 2 is 1.30 bits per heavy atom. The molecule has 26 nitrogen and oxygen atoms in total. The maximum Gasteiger partial charge on any atom is 0.414 e. The van der Waals surface area contributed by atoms with Crippen LogP contribution in [0.25, 0.3) is 0 Å². The van der Waals surface area contributed by atoms with Gasteiger partial charge >= 0.3 is 24.2 Å². The third-order valence-corrected chi connectivity index (χ3v) is 18.1. The Labute approximate surface area is 585 Å². The quantitative estimate of drug-likeness (QED) is 0.0169. The molecule has 1 heterocycles. The average Bonchev–Trinajstić information content (AvgIpc) is 1.68. The Hall–Kier alpha value is -8.36. The van der Waals surface area contributed by atoms with Gasteiger partial charge in [-0.05, 0) is 125 Å². The van der Waals surface area contributed by atoms with E-state index in [0.717, 1.165) is 11.1 Å². The predicted molar refractivity (Wildman–Crippen MR) is 379 cm³/mol. The monoisotopic (exact) mass is 1380 g/mol. The minimum atomic E-state index is -1.06. The highest BCUT2D eigenvalue weighted by Crippen LogP contribution is 2.31. The number of nitrogens with two attached hydrogens (primary N) is 1. The number of hydrogen-bond acceptors (Lipinski definition) is 16. The van der Waals surface area contributed by atoms with Crippen molar-refractivity contribution >= 4 is 71.0 Å². The van der Waals surface area contributed by atoms with Crippen LogP contribution in [0.3, 0.4) is 0 Å². The zero-order chi connectivity index (χ0) is 74.0. The predicted octanol–water partition coefficient (Wildman–Crippen LogP) is 7.34. The molecule has 0 spiro atoms. The summed E-state index contributed by atoms with van der Waals surface area (Å²) in [6, 6.07) is 17.0. The fraction of sp³-hybridized carbons (Fsp3) is 0.616. The van der Waals surface area contributed by atoms with Crippen molar-refractivity contribution < 1.29 is 71.6 Å². The summed E-state index contributed by atoms with van der Waals surface area (Å²) in [5, 5.41) is 16.6. The number of amides is 10. The van der Waals surface area contributed by atoms with Crippen LogP contribution in [0.5, 0.6) is 0 Å². The first-order chi connectivity index (χ1) is 46.7. The Morgan fingerprint density at radius 3 is 1.86 bits per heavy atom. The SMILES string of the molecule is CC[C@H](C)[C@@H]([C@@H](CC(=O)N1CCC[C@H]1[C@H](OC)[C@@H](C)C(=O)N[C@@H](Cc1ccccc1)C(=O)OC)OC)N(C)C(=O)[C@@H](NC(=O)[C@H](C(C)C)N(C)CCc1ccc(N(C)C(=O)OCc2ccc(NC(=O)[C@H](CCCNC(N)=O)NC(=O)[C@@H](NC(=O)OC(C)(C)C)C(C)C)cc2)cc1)C(C)C. The number of nitrogens with zero attached hydrogens (tertiary/aromatic N) is 4. The van der Waals surface area contributed by atoms with E-state index in [1.54, 1.807) is 102 Å². The number of likely N-dealkylation sites (N-methyl/N-ethyl adjacent to an activating group) is 2. The second-order valence-corrected chi connectivity index (χ2v) is 27.8. The summed E-state index contributed by atoms with van der Waals surface area (Å²) in [5.74, 6) is -4.69. The Morgan fingerprint density at radius 1 is 0.687 bits per heavy atom. The molecule has 1 fully saturated rings. The standard InChI is InChI=1S/C73H113N11O15/c1-19-47(8)62(57(95-16)42-58(85)84-39-24-28-56(84)63(96-17)48(9)64(86)78-55(69(91)97-18)41-50-25-21-20-22-26-50)83(15)68(90)60(45(4)5)79-67(89)61(46(6)7)81(13)40-37-49-31-35-53(36-32-49)82(14)72(94)98-43-51-29-33-52(34-30-51)76-65(87)54(27-23-38-75-70(74)92)77-66(88)59(44(2)3)80-71(93)99-73(10,11)12/h20-22,25-26,29-36,44-48,54-57,59-63H,19,23-24,27-28,37-43H2,1-18H3,(H,76,87)(H,77,88)(H,78,86)(H,79,89)(H,80,93)(H3,74,75,92)/t47-,48+,54-,55-,56-,57+,59-,60-,61-,62-,63+/m0/s1. The van der Waals surface area contributed by atoms with Crippen LogP contribution in [0.4, 0.5) is 25.8 Å². The molecule has 0 unspecified atom stereocenters. The van der Waals surface area contributed by atoms with Gasteiger partial charge in [0.1, 0.15) is 36.4 Å². The number of methoxy groups -OCH3 is 3. The van der Waals surface area contributed by atoms with Crippen molar-refractivity contribution in [1.82, 2.24) is 41.3 Å². The molecular weight excluding hydrogens is 1270 g/mol. The highest BCUT2D eigenvalue weighted by Gasteiger charge is 2.44. The van der Waals surface area contributed by atoms with Gasteiger partial charge in [0, 0.05) is 65.7 Å². The van der Waals surface area contributed by atoms with E-state index in [1.165, 1.54) is 26.2 Å². The van der Waals surface area contributed by atoms with Gasteiger partial charge in [-0.3, -0.25) is 38.6 Å². The van der Waals surface area contributed by atoms with Crippen LogP contribution in [0.1, 0.15) is 138 Å². The van der Waals surface area contributed by atoms with Crippen LogP contribution < -0.4 is 42.5 Å². The molecule has 3 aromatic rings. The van der Waals surface area contributed by atoms with Crippen molar-refractivity contribution in [2.45, 2.75) is 201 Å². The van der Waals surface area contributed by atoms with E-state index in [0.29, 0.717) is 62.1 Å². The molecule has 0 bridgehead atoms. The molecule has 0 radical (unpaired) electrons. The molecule has 3 aromatic carbocycles. The van der Waals surface area contributed by atoms with Crippen molar-refractivity contribution in [3.8, 4) is 0 Å². The van der Waals surface area contributed by atoms with Crippen molar-refractivity contribution in [3.63, 3.8) is 0 Å². The number of nitrogens with one attached hydrogen (secondary N) is 6. The second kappa shape index (κ2) is 40.0. The largest absolute Gasteiger partial charge is 0.467 e. The maximum atomic E-state index is 14.9. The fourth-order valence-corrected chi connectivity index (χ4v) is 12.4. The van der Waals surface area contributed by atoms with E-state index < -0.39 is 108 Å². The number of rotatable bonds is 37. The lowest BCUT2D eigenvalue weighted by molar-refractivity contribution is -0.149. The highest BCUT2D eigenvalue weighted by atomic mass is 16.6. The van der Waals surface area contributed by atoms with Gasteiger partial charge in [-0.15, -0.1) is 0 Å². The molecule has 550 valence electrons. The topological polar surface area (TPSA) is 328 Å². The van der Waals surface area contributed by atoms with Crippen LogP contribution in [0, 0.1) is 29.6 Å². The lowest BCUT2D eigenvalue weighted by atomic mass is 9.89. The molecule has 8 N–H and O–H groups in total. The summed E-state index contributed by atoms with van der Waals surface area (Å²) >= 11 is 0. The van der Waals surface area contributed by atoms with Gasteiger partial charge in [-0.1, -0.05) is 123 Å². The van der Waals surface area contributed by atoms with Gasteiger partial charge in [0.05, 0.1) is 49.8 Å². The molecular formula is C73H113N11O15. The molecule has 0 saturated carbocycles. The van der Waals surface area contributed by atoms with Gasteiger partial charge in [-0.25, -0.2) is 19.2 Å². The number of esters is 1. The number of primary amides is 1. The number of hydrogen-bond donors (Lipinski definition) is 7. The smallest absolute Gasteiger partial charge is 0.414 e. The number of carbonyl (C=O) groups is 10. The van der Waals surface area contributed by atoms with Crippen molar-refractivity contribution in [2.24, 2.45) is 35.3 Å². The second-order valence-electron chi connectivity index (χ2n) is 27.8. The minimum Gasteiger partial charge on any atom is -0.467 e. The normalized spacial score (nSPS) is 16.2. The lowest BCUT2D eigenvalue weighted by Crippen LogP contribution is -2.60. The first kappa shape index (κ1) is 83.1. The van der Waals surface area contributed by atoms with Crippen LogP contribution in [0.2, 0.25) is 0 Å². The molecule has 1 saturated heterocycles. The summed E-state index contributed by atoms with van der Waals surface area (Å²) in [6.45, 7) is 23.0. The van der Waals surface area contributed by atoms with E-state index in [4.69, 9.17) is 29.4 Å². The fourth-order valence-electron chi connectivity index (χ4n) is 12.4. The molecule has 11 atom stereocenters. The third-order valence-electron chi connectivity index (χ3n) is 18.1. The van der Waals surface area contributed by atoms with Crippen molar-refractivity contribution in [3.05, 3.63) is 95.6 Å². The Kier molecular flexibility index (Phi) is 33.6. The lowest BCUT2D eigenvalue weighted by Gasteiger charge is -2.41. The average molecular weight is 1380 g/mol. The molecule has 26 heteroatoms. The first-order valence-electron chi connectivity index (χ1n) is 34.4. The van der Waals surface area contributed by atoms with Gasteiger partial charge in [-0.2, -0.15) is 0 Å². The van der Waals surface area contributed by atoms with E-state index in [2.05, 4.69) is 31.9 Å². The third kappa shape index (κ3) is 25.7. The molecule has 1 aliphatic heterocycles. The van der Waals surface area contributed by atoms with Crippen molar-refractivity contribution in [1.29, 1.82) is 0 Å². The molecule has 0 aromatic heterocycles. The Balaban J connectivity index is 1.35. The zero-order valence-corrected chi connectivity index (χ0v) is 61.6. The number of urea groups is 1. The summed E-state index contributed by atoms with van der Waals surface area (Å²) in [6.07, 6.45) is 0.217. The zero-order valence-electron chi connectivity index (χ0n) is 61.6. The summed E-state index contributed by atoms with van der Waals surface area (Å²) in [7, 11) is 9.48. The number of carbonyl (C=O) groups excluding carboxylic acids is 10. The maximum absolute atomic E-state index is 14.9. The van der Waals surface area contributed by atoms with E-state index >= 15 is 0 Å². The van der Waals surface area contributed by atoms with Gasteiger partial charge in [0.15, 0.2) is 0 Å². The van der Waals surface area contributed by atoms with E-state index in [9.17, 15) is 47.9 Å². The number of ether oxygens (including phenoxy) is 5. The van der Waals surface area contributed by atoms with Crippen LogP contribution >= 0.6 is 0 Å². The van der Waals surface area contributed by atoms with Crippen molar-refractivity contribution in [2.75, 3.05) is 72.3 Å². The van der Waals surface area contributed by atoms with Gasteiger partial charge < -0.3 is 71.1 Å². The number of benzene rings is 3. The van der Waals surface area contributed by atoms with Gasteiger partial charge in [0.2, 0.25) is 35.4 Å². The molecule has 0 aliphatic carbocycles. The molecule has 1 aliphatic rings. The Bertz CT molecular complexity index is 3110. The van der Waals surface area contributed by atoms with Crippen LogP contribution in [-0.2, 0) is 76.7 Å². The summed E-state index contributed by atoms with van der Waals surface area (Å²) < 4.78 is 28.2. The summed E-state index contributed by atoms with van der Waals surface area (Å²) in [5.41, 5.74) is 7.81. The number of anilines is 2. The van der Waals surface area contributed by atoms with E-state index in [1.807, 2.05) is 96.0 Å².